The number of hydrogen-bond acceptors (Lipinski definition) is 4. The molecule has 1 heterocycles. The van der Waals surface area contributed by atoms with Gasteiger partial charge in [0.05, 0.1) is 0 Å². The zero-order valence-corrected chi connectivity index (χ0v) is 10.9. The van der Waals surface area contributed by atoms with Crippen molar-refractivity contribution in [2.24, 2.45) is 0 Å². The molecule has 1 aromatic heterocycles. The second-order valence-corrected chi connectivity index (χ2v) is 4.30. The van der Waals surface area contributed by atoms with Gasteiger partial charge in [-0.3, -0.25) is 0 Å². The van der Waals surface area contributed by atoms with Crippen LogP contribution < -0.4 is 10.2 Å². The Labute approximate surface area is 98.1 Å². The summed E-state index contributed by atoms with van der Waals surface area (Å²) in [5.41, 5.74) is 0. The Kier molecular flexibility index (Phi) is 4.52. The van der Waals surface area contributed by atoms with Gasteiger partial charge in [-0.1, -0.05) is 20.8 Å². The van der Waals surface area contributed by atoms with Crippen LogP contribution >= 0.6 is 0 Å². The lowest BCUT2D eigenvalue weighted by molar-refractivity contribution is 0.759. The normalized spacial score (nSPS) is 10.6. The van der Waals surface area contributed by atoms with Crippen LogP contribution in [0.25, 0.3) is 0 Å². The lowest BCUT2D eigenvalue weighted by Gasteiger charge is -2.19. The molecule has 0 fully saturated rings. The Morgan fingerprint density at radius 1 is 1.38 bits per heavy atom. The quantitative estimate of drug-likeness (QED) is 0.831. The van der Waals surface area contributed by atoms with Gasteiger partial charge in [0, 0.05) is 32.6 Å². The molecule has 4 heteroatoms. The maximum atomic E-state index is 4.57. The van der Waals surface area contributed by atoms with Gasteiger partial charge < -0.3 is 10.2 Å². The van der Waals surface area contributed by atoms with E-state index >= 15 is 0 Å². The molecule has 16 heavy (non-hydrogen) atoms. The number of hydrogen-bond donors (Lipinski definition) is 1. The third kappa shape index (κ3) is 3.08. The molecule has 0 bridgehead atoms. The molecular weight excluding hydrogens is 200 g/mol. The number of anilines is 2. The average molecular weight is 222 g/mol. The Morgan fingerprint density at radius 3 is 2.56 bits per heavy atom. The van der Waals surface area contributed by atoms with E-state index in [0.717, 1.165) is 30.4 Å². The molecule has 0 atom stereocenters. The fourth-order valence-corrected chi connectivity index (χ4v) is 1.48. The van der Waals surface area contributed by atoms with Crippen LogP contribution in [0.4, 0.5) is 11.6 Å². The summed E-state index contributed by atoms with van der Waals surface area (Å²) >= 11 is 0. The summed E-state index contributed by atoms with van der Waals surface area (Å²) < 4.78 is 0. The van der Waals surface area contributed by atoms with Gasteiger partial charge >= 0.3 is 0 Å². The molecule has 0 saturated heterocycles. The first-order valence-corrected chi connectivity index (χ1v) is 5.86. The molecule has 0 radical (unpaired) electrons. The van der Waals surface area contributed by atoms with E-state index < -0.39 is 0 Å². The van der Waals surface area contributed by atoms with Gasteiger partial charge in [0.2, 0.25) is 0 Å². The summed E-state index contributed by atoms with van der Waals surface area (Å²) in [5, 5.41) is 3.08. The molecule has 0 aliphatic carbocycles. The Morgan fingerprint density at radius 2 is 2.06 bits per heavy atom. The zero-order valence-electron chi connectivity index (χ0n) is 10.9. The molecular formula is C12H22N4. The maximum Gasteiger partial charge on any atom is 0.135 e. The van der Waals surface area contributed by atoms with Crippen molar-refractivity contribution in [1.82, 2.24) is 9.97 Å². The SMILES string of the molecule is CCCN(C)c1cc(NC)nc(C(C)C)n1. The topological polar surface area (TPSA) is 41.0 Å². The highest BCUT2D eigenvalue weighted by molar-refractivity contribution is 5.48. The number of rotatable bonds is 5. The Hall–Kier alpha value is -1.32. The van der Waals surface area contributed by atoms with Crippen molar-refractivity contribution >= 4 is 11.6 Å². The minimum absolute atomic E-state index is 0.349. The smallest absolute Gasteiger partial charge is 0.135 e. The summed E-state index contributed by atoms with van der Waals surface area (Å²) in [6.07, 6.45) is 1.12. The summed E-state index contributed by atoms with van der Waals surface area (Å²) in [4.78, 5) is 11.2. The molecule has 1 rings (SSSR count). The molecule has 90 valence electrons. The Bertz CT molecular complexity index is 336. The van der Waals surface area contributed by atoms with Crippen LogP contribution in [0.15, 0.2) is 6.07 Å². The first-order chi connectivity index (χ1) is 7.58. The fourth-order valence-electron chi connectivity index (χ4n) is 1.48. The molecule has 0 amide bonds. The molecule has 1 N–H and O–H groups in total. The fraction of sp³-hybridized carbons (Fsp3) is 0.667. The van der Waals surface area contributed by atoms with Crippen LogP contribution in [0.5, 0.6) is 0 Å². The van der Waals surface area contributed by atoms with E-state index in [2.05, 4.69) is 48.0 Å². The van der Waals surface area contributed by atoms with Crippen molar-refractivity contribution in [1.29, 1.82) is 0 Å². The molecule has 0 spiro atoms. The number of aromatic nitrogens is 2. The Balaban J connectivity index is 3.03. The van der Waals surface area contributed by atoms with Crippen LogP contribution in [-0.2, 0) is 0 Å². The third-order valence-electron chi connectivity index (χ3n) is 2.45. The largest absolute Gasteiger partial charge is 0.373 e. The minimum Gasteiger partial charge on any atom is -0.373 e. The number of nitrogens with one attached hydrogen (secondary N) is 1. The van der Waals surface area contributed by atoms with Gasteiger partial charge in [0.1, 0.15) is 17.5 Å². The van der Waals surface area contributed by atoms with Crippen LogP contribution in [0.1, 0.15) is 38.9 Å². The van der Waals surface area contributed by atoms with Gasteiger partial charge in [-0.2, -0.15) is 0 Å². The van der Waals surface area contributed by atoms with Crippen LogP contribution in [0.2, 0.25) is 0 Å². The van der Waals surface area contributed by atoms with E-state index in [1.54, 1.807) is 0 Å². The molecule has 0 unspecified atom stereocenters. The monoisotopic (exact) mass is 222 g/mol. The lowest BCUT2D eigenvalue weighted by Crippen LogP contribution is -2.20. The summed E-state index contributed by atoms with van der Waals surface area (Å²) in [5.74, 6) is 3.12. The van der Waals surface area contributed by atoms with Crippen LogP contribution in [-0.4, -0.2) is 30.6 Å². The van der Waals surface area contributed by atoms with E-state index in [0.29, 0.717) is 5.92 Å². The van der Waals surface area contributed by atoms with Crippen molar-refractivity contribution in [3.05, 3.63) is 11.9 Å². The second kappa shape index (κ2) is 5.68. The standard InChI is InChI=1S/C12H22N4/c1-6-7-16(5)11-8-10(13-4)14-12(15-11)9(2)3/h8-9H,6-7H2,1-5H3,(H,13,14,15). The van der Waals surface area contributed by atoms with Gasteiger partial charge in [0.15, 0.2) is 0 Å². The van der Waals surface area contributed by atoms with Crippen LogP contribution in [0, 0.1) is 0 Å². The molecule has 4 nitrogen and oxygen atoms in total. The van der Waals surface area contributed by atoms with Gasteiger partial charge in [-0.25, -0.2) is 9.97 Å². The van der Waals surface area contributed by atoms with Gasteiger partial charge in [-0.05, 0) is 6.42 Å². The van der Waals surface area contributed by atoms with E-state index in [1.165, 1.54) is 0 Å². The predicted octanol–water partition coefficient (Wildman–Crippen LogP) is 2.49. The van der Waals surface area contributed by atoms with Crippen molar-refractivity contribution in [3.63, 3.8) is 0 Å². The molecule has 1 aromatic rings. The number of nitrogens with zero attached hydrogens (tertiary/aromatic N) is 3. The van der Waals surface area contributed by atoms with E-state index in [1.807, 2.05) is 13.1 Å². The second-order valence-electron chi connectivity index (χ2n) is 4.30. The summed E-state index contributed by atoms with van der Waals surface area (Å²) in [6.45, 7) is 7.40. The minimum atomic E-state index is 0.349. The molecule has 0 aliphatic rings. The van der Waals surface area contributed by atoms with E-state index in [-0.39, 0.29) is 0 Å². The lowest BCUT2D eigenvalue weighted by atomic mass is 10.2. The average Bonchev–Trinajstić information content (AvgIpc) is 2.28. The highest BCUT2D eigenvalue weighted by Crippen LogP contribution is 2.18. The summed E-state index contributed by atoms with van der Waals surface area (Å²) in [7, 11) is 3.95. The van der Waals surface area contributed by atoms with Crippen LogP contribution in [0.3, 0.4) is 0 Å². The highest BCUT2D eigenvalue weighted by Gasteiger charge is 2.09. The molecule has 0 aromatic carbocycles. The van der Waals surface area contributed by atoms with Crippen molar-refractivity contribution in [3.8, 4) is 0 Å². The van der Waals surface area contributed by atoms with E-state index in [4.69, 9.17) is 0 Å². The first kappa shape index (κ1) is 12.7. The molecule has 0 aliphatic heterocycles. The van der Waals surface area contributed by atoms with E-state index in [9.17, 15) is 0 Å². The maximum absolute atomic E-state index is 4.57. The van der Waals surface area contributed by atoms with Crippen molar-refractivity contribution in [2.45, 2.75) is 33.1 Å². The highest BCUT2D eigenvalue weighted by atomic mass is 15.2. The zero-order chi connectivity index (χ0) is 12.1. The first-order valence-electron chi connectivity index (χ1n) is 5.86. The molecule has 0 saturated carbocycles. The van der Waals surface area contributed by atoms with Gasteiger partial charge in [0.25, 0.3) is 0 Å². The van der Waals surface area contributed by atoms with Crippen molar-refractivity contribution < 1.29 is 0 Å². The van der Waals surface area contributed by atoms with Crippen molar-refractivity contribution in [2.75, 3.05) is 30.9 Å². The predicted molar refractivity (Wildman–Crippen MR) is 69.2 cm³/mol. The third-order valence-corrected chi connectivity index (χ3v) is 2.45. The van der Waals surface area contributed by atoms with Gasteiger partial charge in [-0.15, -0.1) is 0 Å². The summed E-state index contributed by atoms with van der Waals surface area (Å²) in [6, 6.07) is 1.99.